The third-order valence-corrected chi connectivity index (χ3v) is 3.71. The Balaban J connectivity index is 2.86. The molecule has 0 fully saturated rings. The molecule has 0 heterocycles. The zero-order valence-electron chi connectivity index (χ0n) is 13.6. The molecule has 1 aromatic carbocycles. The Morgan fingerprint density at radius 1 is 1.33 bits per heavy atom. The summed E-state index contributed by atoms with van der Waals surface area (Å²) < 4.78 is 0. The second-order valence-electron chi connectivity index (χ2n) is 5.59. The normalized spacial score (nSPS) is 12.4. The highest BCUT2D eigenvalue weighted by Gasteiger charge is 2.15. The van der Waals surface area contributed by atoms with Crippen LogP contribution in [0.4, 0.5) is 11.4 Å². The molecule has 0 bridgehead atoms. The lowest BCUT2D eigenvalue weighted by molar-refractivity contribution is -0.384. The number of nitro benzene ring substituents is 1. The molecule has 1 atom stereocenters. The molecular formula is C16H27N3O2. The van der Waals surface area contributed by atoms with E-state index in [2.05, 4.69) is 31.1 Å². The summed E-state index contributed by atoms with van der Waals surface area (Å²) in [7, 11) is 2.10. The van der Waals surface area contributed by atoms with Gasteiger partial charge < -0.3 is 5.32 Å². The summed E-state index contributed by atoms with van der Waals surface area (Å²) in [6.07, 6.45) is 3.26. The van der Waals surface area contributed by atoms with Crippen LogP contribution in [0.3, 0.4) is 0 Å². The maximum Gasteiger partial charge on any atom is 0.292 e. The Bertz CT molecular complexity index is 463. The number of nitrogens with zero attached hydrogens (tertiary/aromatic N) is 2. The highest BCUT2D eigenvalue weighted by atomic mass is 16.6. The van der Waals surface area contributed by atoms with Gasteiger partial charge in [-0.2, -0.15) is 0 Å². The minimum Gasteiger partial charge on any atom is -0.379 e. The van der Waals surface area contributed by atoms with E-state index in [0.717, 1.165) is 37.9 Å². The van der Waals surface area contributed by atoms with Crippen LogP contribution in [0.5, 0.6) is 0 Å². The van der Waals surface area contributed by atoms with Crippen molar-refractivity contribution in [2.75, 3.05) is 18.9 Å². The standard InChI is InChI=1S/C16H27N3O2/c1-5-7-13(3)18(4)12-14-8-9-16(19(20)21)15(11-14)17-10-6-2/h8-9,11,13,17H,5-7,10,12H2,1-4H3. The molecule has 0 aliphatic heterocycles. The summed E-state index contributed by atoms with van der Waals surface area (Å²) in [4.78, 5) is 13.0. The first-order valence-electron chi connectivity index (χ1n) is 7.71. The van der Waals surface area contributed by atoms with Crippen molar-refractivity contribution in [2.24, 2.45) is 0 Å². The van der Waals surface area contributed by atoms with Crippen molar-refractivity contribution in [3.63, 3.8) is 0 Å². The molecular weight excluding hydrogens is 266 g/mol. The Morgan fingerprint density at radius 3 is 2.62 bits per heavy atom. The van der Waals surface area contributed by atoms with Gasteiger partial charge in [0.2, 0.25) is 0 Å². The molecule has 1 rings (SSSR count). The lowest BCUT2D eigenvalue weighted by Gasteiger charge is -2.24. The van der Waals surface area contributed by atoms with Gasteiger partial charge in [-0.05, 0) is 38.4 Å². The van der Waals surface area contributed by atoms with Gasteiger partial charge in [-0.15, -0.1) is 0 Å². The summed E-state index contributed by atoms with van der Waals surface area (Å²) >= 11 is 0. The topological polar surface area (TPSA) is 58.4 Å². The van der Waals surface area contributed by atoms with Gasteiger partial charge >= 0.3 is 0 Å². The van der Waals surface area contributed by atoms with Crippen LogP contribution < -0.4 is 5.32 Å². The fourth-order valence-electron chi connectivity index (χ4n) is 2.32. The first-order valence-corrected chi connectivity index (χ1v) is 7.71. The SMILES string of the molecule is CCCNc1cc(CN(C)C(C)CCC)ccc1[N+](=O)[O-]. The summed E-state index contributed by atoms with van der Waals surface area (Å²) in [6, 6.07) is 5.87. The van der Waals surface area contributed by atoms with E-state index in [1.165, 1.54) is 0 Å². The molecule has 0 amide bonds. The Morgan fingerprint density at radius 2 is 2.05 bits per heavy atom. The van der Waals surface area contributed by atoms with Crippen LogP contribution in [0.15, 0.2) is 18.2 Å². The molecule has 5 heteroatoms. The van der Waals surface area contributed by atoms with E-state index in [1.54, 1.807) is 6.07 Å². The van der Waals surface area contributed by atoms with E-state index in [1.807, 2.05) is 19.1 Å². The number of nitro groups is 1. The third-order valence-electron chi connectivity index (χ3n) is 3.71. The van der Waals surface area contributed by atoms with E-state index in [4.69, 9.17) is 0 Å². The molecule has 21 heavy (non-hydrogen) atoms. The predicted octanol–water partition coefficient (Wildman–Crippen LogP) is 4.04. The van der Waals surface area contributed by atoms with E-state index in [-0.39, 0.29) is 10.6 Å². The van der Waals surface area contributed by atoms with Gasteiger partial charge in [0.15, 0.2) is 0 Å². The fourth-order valence-corrected chi connectivity index (χ4v) is 2.32. The number of rotatable bonds is 9. The number of nitrogens with one attached hydrogen (secondary N) is 1. The summed E-state index contributed by atoms with van der Waals surface area (Å²) in [5.74, 6) is 0. The molecule has 118 valence electrons. The Kier molecular flexibility index (Phi) is 7.15. The van der Waals surface area contributed by atoms with Crippen molar-refractivity contribution >= 4 is 11.4 Å². The van der Waals surface area contributed by atoms with Crippen LogP contribution in [0.2, 0.25) is 0 Å². The Labute approximate surface area is 127 Å². The molecule has 0 aliphatic carbocycles. The second-order valence-corrected chi connectivity index (χ2v) is 5.59. The van der Waals surface area contributed by atoms with Crippen molar-refractivity contribution in [1.82, 2.24) is 4.90 Å². The van der Waals surface area contributed by atoms with Gasteiger partial charge in [-0.1, -0.05) is 26.3 Å². The number of benzene rings is 1. The highest BCUT2D eigenvalue weighted by Crippen LogP contribution is 2.26. The van der Waals surface area contributed by atoms with Crippen LogP contribution >= 0.6 is 0 Å². The first kappa shape index (κ1) is 17.4. The summed E-state index contributed by atoms with van der Waals surface area (Å²) in [5, 5.41) is 14.2. The molecule has 1 unspecified atom stereocenters. The third kappa shape index (κ3) is 5.34. The number of hydrogen-bond acceptors (Lipinski definition) is 4. The molecule has 0 saturated carbocycles. The van der Waals surface area contributed by atoms with Gasteiger partial charge in [0.1, 0.15) is 5.69 Å². The van der Waals surface area contributed by atoms with Crippen LogP contribution in [0.25, 0.3) is 0 Å². The average molecular weight is 293 g/mol. The number of anilines is 1. The lowest BCUT2D eigenvalue weighted by atomic mass is 10.1. The average Bonchev–Trinajstić information content (AvgIpc) is 2.45. The van der Waals surface area contributed by atoms with Crippen LogP contribution in [-0.2, 0) is 6.54 Å². The van der Waals surface area contributed by atoms with Crippen molar-refractivity contribution < 1.29 is 4.92 Å². The monoisotopic (exact) mass is 293 g/mol. The largest absolute Gasteiger partial charge is 0.379 e. The minimum absolute atomic E-state index is 0.149. The van der Waals surface area contributed by atoms with Crippen LogP contribution in [-0.4, -0.2) is 29.5 Å². The maximum atomic E-state index is 11.1. The van der Waals surface area contributed by atoms with Crippen molar-refractivity contribution in [2.45, 2.75) is 52.6 Å². The molecule has 0 aromatic heterocycles. The maximum absolute atomic E-state index is 11.1. The molecule has 1 aromatic rings. The smallest absolute Gasteiger partial charge is 0.292 e. The van der Waals surface area contributed by atoms with Crippen LogP contribution in [0, 0.1) is 10.1 Å². The summed E-state index contributed by atoms with van der Waals surface area (Å²) in [5.41, 5.74) is 1.87. The zero-order valence-corrected chi connectivity index (χ0v) is 13.6. The molecule has 0 saturated heterocycles. The molecule has 0 aliphatic rings. The molecule has 1 N–H and O–H groups in total. The van der Waals surface area contributed by atoms with E-state index < -0.39 is 0 Å². The van der Waals surface area contributed by atoms with Crippen molar-refractivity contribution in [3.05, 3.63) is 33.9 Å². The van der Waals surface area contributed by atoms with Crippen molar-refractivity contribution in [3.8, 4) is 0 Å². The lowest BCUT2D eigenvalue weighted by Crippen LogP contribution is -2.28. The van der Waals surface area contributed by atoms with Gasteiger partial charge in [-0.25, -0.2) is 0 Å². The van der Waals surface area contributed by atoms with E-state index in [9.17, 15) is 10.1 Å². The Hall–Kier alpha value is -1.62. The van der Waals surface area contributed by atoms with Gasteiger partial charge in [0.25, 0.3) is 5.69 Å². The minimum atomic E-state index is -0.328. The predicted molar refractivity (Wildman–Crippen MR) is 87.7 cm³/mol. The quantitative estimate of drug-likeness (QED) is 0.551. The van der Waals surface area contributed by atoms with Crippen LogP contribution in [0.1, 0.15) is 45.6 Å². The molecule has 0 radical (unpaired) electrons. The van der Waals surface area contributed by atoms with E-state index >= 15 is 0 Å². The molecule has 0 spiro atoms. The second kappa shape index (κ2) is 8.62. The zero-order chi connectivity index (χ0) is 15.8. The van der Waals surface area contributed by atoms with E-state index in [0.29, 0.717) is 11.7 Å². The first-order chi connectivity index (χ1) is 9.99. The van der Waals surface area contributed by atoms with Gasteiger partial charge in [-0.3, -0.25) is 15.0 Å². The number of hydrogen-bond donors (Lipinski definition) is 1. The van der Waals surface area contributed by atoms with Gasteiger partial charge in [0.05, 0.1) is 4.92 Å². The van der Waals surface area contributed by atoms with Crippen molar-refractivity contribution in [1.29, 1.82) is 0 Å². The summed E-state index contributed by atoms with van der Waals surface area (Å²) in [6.45, 7) is 7.99. The highest BCUT2D eigenvalue weighted by molar-refractivity contribution is 5.62. The fraction of sp³-hybridized carbons (Fsp3) is 0.625. The molecule has 5 nitrogen and oxygen atoms in total. The van der Waals surface area contributed by atoms with Gasteiger partial charge in [0, 0.05) is 25.2 Å².